The molecule has 112 valence electrons. The number of hydrogen-bond donors (Lipinski definition) is 1. The molecule has 6 nitrogen and oxygen atoms in total. The maximum Gasteiger partial charge on any atom is 0.281 e. The van der Waals surface area contributed by atoms with E-state index in [4.69, 9.17) is 16.9 Å². The molecule has 0 atom stereocenters. The van der Waals surface area contributed by atoms with Gasteiger partial charge in [-0.3, -0.25) is 4.79 Å². The lowest BCUT2D eigenvalue weighted by molar-refractivity contribution is 0.0980. The first-order valence-electron chi connectivity index (χ1n) is 6.03. The second-order valence-corrected chi connectivity index (χ2v) is 6.46. The number of hydrogen-bond acceptors (Lipinski definition) is 5. The molecule has 1 amide bonds. The van der Waals surface area contributed by atoms with Gasteiger partial charge in [0.05, 0.1) is 16.7 Å². The van der Waals surface area contributed by atoms with Crippen LogP contribution < -0.4 is 4.72 Å². The third-order valence-corrected chi connectivity index (χ3v) is 4.27. The smallest absolute Gasteiger partial charge is 0.268 e. The molecule has 8 heteroatoms. The summed E-state index contributed by atoms with van der Waals surface area (Å²) >= 11 is 5.64. The van der Waals surface area contributed by atoms with Crippen LogP contribution in [0.1, 0.15) is 21.5 Å². The molecule has 1 aromatic heterocycles. The van der Waals surface area contributed by atoms with Gasteiger partial charge < -0.3 is 0 Å². The van der Waals surface area contributed by atoms with Crippen LogP contribution in [0.3, 0.4) is 0 Å². The van der Waals surface area contributed by atoms with Crippen LogP contribution in [0.15, 0.2) is 41.6 Å². The lowest BCUT2D eigenvalue weighted by atomic mass is 10.1. The van der Waals surface area contributed by atoms with Crippen molar-refractivity contribution >= 4 is 27.5 Å². The number of aromatic nitrogens is 1. The summed E-state index contributed by atoms with van der Waals surface area (Å²) in [6, 6.07) is 8.84. The summed E-state index contributed by atoms with van der Waals surface area (Å²) < 4.78 is 26.1. The number of rotatable bonds is 3. The van der Waals surface area contributed by atoms with E-state index in [-0.39, 0.29) is 15.6 Å². The van der Waals surface area contributed by atoms with Gasteiger partial charge in [-0.15, -0.1) is 0 Å². The molecule has 0 aliphatic rings. The predicted octanol–water partition coefficient (Wildman–Crippen LogP) is 2.03. The van der Waals surface area contributed by atoms with E-state index in [1.165, 1.54) is 36.5 Å². The van der Waals surface area contributed by atoms with Crippen LogP contribution in [0.4, 0.5) is 0 Å². The normalized spacial score (nSPS) is 10.8. The number of nitriles is 1. The fourth-order valence-electron chi connectivity index (χ4n) is 1.74. The Morgan fingerprint density at radius 1 is 1.32 bits per heavy atom. The Balaban J connectivity index is 2.28. The Morgan fingerprint density at radius 2 is 2.05 bits per heavy atom. The molecule has 0 radical (unpaired) electrons. The van der Waals surface area contributed by atoms with Crippen LogP contribution in [-0.2, 0) is 10.0 Å². The van der Waals surface area contributed by atoms with Gasteiger partial charge in [-0.05, 0) is 42.8 Å². The van der Waals surface area contributed by atoms with Gasteiger partial charge in [0.25, 0.3) is 15.9 Å². The van der Waals surface area contributed by atoms with E-state index < -0.39 is 15.9 Å². The van der Waals surface area contributed by atoms with Crippen LogP contribution in [0.5, 0.6) is 0 Å². The third kappa shape index (κ3) is 3.42. The van der Waals surface area contributed by atoms with Crippen molar-refractivity contribution in [2.24, 2.45) is 0 Å². The van der Waals surface area contributed by atoms with Crippen LogP contribution in [0, 0.1) is 18.3 Å². The number of pyridine rings is 1. The Kier molecular flexibility index (Phi) is 4.45. The van der Waals surface area contributed by atoms with E-state index in [1.54, 1.807) is 6.92 Å². The first kappa shape index (κ1) is 15.9. The number of aryl methyl sites for hydroxylation is 1. The fourth-order valence-corrected chi connectivity index (χ4v) is 2.75. The summed E-state index contributed by atoms with van der Waals surface area (Å²) in [7, 11) is -4.09. The molecule has 0 unspecified atom stereocenters. The SMILES string of the molecule is Cc1cc(C#N)ccc1C(=O)NS(=O)(=O)c1ccc(Cl)cn1. The van der Waals surface area contributed by atoms with E-state index in [0.29, 0.717) is 11.1 Å². The molecule has 22 heavy (non-hydrogen) atoms. The molecular weight excluding hydrogens is 326 g/mol. The van der Waals surface area contributed by atoms with Gasteiger partial charge in [0.2, 0.25) is 0 Å². The van der Waals surface area contributed by atoms with Gasteiger partial charge in [-0.1, -0.05) is 11.6 Å². The van der Waals surface area contributed by atoms with Gasteiger partial charge in [-0.25, -0.2) is 9.71 Å². The molecule has 0 aliphatic carbocycles. The zero-order valence-corrected chi connectivity index (χ0v) is 12.9. The largest absolute Gasteiger partial charge is 0.281 e. The van der Waals surface area contributed by atoms with Crippen molar-refractivity contribution in [2.75, 3.05) is 0 Å². The van der Waals surface area contributed by atoms with Crippen molar-refractivity contribution in [3.8, 4) is 6.07 Å². The summed E-state index contributed by atoms with van der Waals surface area (Å²) in [5, 5.41) is 8.76. The number of sulfonamides is 1. The highest BCUT2D eigenvalue weighted by molar-refractivity contribution is 7.90. The van der Waals surface area contributed by atoms with Crippen molar-refractivity contribution in [3.63, 3.8) is 0 Å². The Bertz CT molecular complexity index is 871. The zero-order chi connectivity index (χ0) is 16.3. The molecule has 0 spiro atoms. The van der Waals surface area contributed by atoms with Crippen LogP contribution in [0.25, 0.3) is 0 Å². The van der Waals surface area contributed by atoms with Crippen LogP contribution in [0.2, 0.25) is 5.02 Å². The topological polar surface area (TPSA) is 99.9 Å². The molecule has 0 aliphatic heterocycles. The number of nitrogens with zero attached hydrogens (tertiary/aromatic N) is 2. The van der Waals surface area contributed by atoms with E-state index in [1.807, 2.05) is 10.8 Å². The Morgan fingerprint density at radius 3 is 2.59 bits per heavy atom. The van der Waals surface area contributed by atoms with Crippen LogP contribution in [-0.4, -0.2) is 19.3 Å². The number of amides is 1. The highest BCUT2D eigenvalue weighted by atomic mass is 35.5. The lowest BCUT2D eigenvalue weighted by Gasteiger charge is -2.08. The standard InChI is InChI=1S/C14H10ClN3O3S/c1-9-6-10(7-16)2-4-12(9)14(19)18-22(20,21)13-5-3-11(15)8-17-13/h2-6,8H,1H3,(H,18,19). The summed E-state index contributed by atoms with van der Waals surface area (Å²) in [6.07, 6.45) is 1.17. The molecule has 0 bridgehead atoms. The Labute approximate surface area is 132 Å². The first-order chi connectivity index (χ1) is 10.3. The first-order valence-corrected chi connectivity index (χ1v) is 7.89. The predicted molar refractivity (Wildman–Crippen MR) is 79.8 cm³/mol. The minimum absolute atomic E-state index is 0.163. The summed E-state index contributed by atoms with van der Waals surface area (Å²) in [4.78, 5) is 15.8. The molecule has 0 saturated heterocycles. The van der Waals surface area contributed by atoms with E-state index in [0.717, 1.165) is 0 Å². The van der Waals surface area contributed by atoms with Crippen molar-refractivity contribution in [3.05, 3.63) is 58.2 Å². The van der Waals surface area contributed by atoms with Gasteiger partial charge in [0.1, 0.15) is 0 Å². The molecular formula is C14H10ClN3O3S. The van der Waals surface area contributed by atoms with Gasteiger partial charge >= 0.3 is 0 Å². The minimum Gasteiger partial charge on any atom is -0.268 e. The number of halogens is 1. The van der Waals surface area contributed by atoms with Gasteiger partial charge in [0, 0.05) is 11.8 Å². The van der Waals surface area contributed by atoms with E-state index in [2.05, 4.69) is 4.98 Å². The lowest BCUT2D eigenvalue weighted by Crippen LogP contribution is -2.31. The highest BCUT2D eigenvalue weighted by Crippen LogP contribution is 2.13. The van der Waals surface area contributed by atoms with Crippen molar-refractivity contribution in [2.45, 2.75) is 11.9 Å². The number of benzene rings is 1. The Hall–Kier alpha value is -2.43. The molecule has 2 rings (SSSR count). The molecule has 0 saturated carbocycles. The number of carbonyl (C=O) groups is 1. The number of nitrogens with one attached hydrogen (secondary N) is 1. The number of carbonyl (C=O) groups excluding carboxylic acids is 1. The second-order valence-electron chi connectivity index (χ2n) is 4.39. The molecule has 1 N–H and O–H groups in total. The molecule has 0 fully saturated rings. The summed E-state index contributed by atoms with van der Waals surface area (Å²) in [6.45, 7) is 1.61. The third-order valence-electron chi connectivity index (χ3n) is 2.80. The maximum absolute atomic E-state index is 12.1. The van der Waals surface area contributed by atoms with E-state index >= 15 is 0 Å². The summed E-state index contributed by atoms with van der Waals surface area (Å²) in [5.74, 6) is -0.793. The van der Waals surface area contributed by atoms with E-state index in [9.17, 15) is 13.2 Å². The second kappa shape index (κ2) is 6.13. The quantitative estimate of drug-likeness (QED) is 0.925. The maximum atomic E-state index is 12.1. The monoisotopic (exact) mass is 335 g/mol. The summed E-state index contributed by atoms with van der Waals surface area (Å²) in [5.41, 5.74) is 1.05. The molecule has 1 heterocycles. The molecule has 1 aromatic carbocycles. The molecule has 2 aromatic rings. The van der Waals surface area contributed by atoms with Crippen LogP contribution >= 0.6 is 11.6 Å². The minimum atomic E-state index is -4.09. The van der Waals surface area contributed by atoms with Gasteiger partial charge in [0.15, 0.2) is 5.03 Å². The fraction of sp³-hybridized carbons (Fsp3) is 0.0714. The average Bonchev–Trinajstić information content (AvgIpc) is 2.46. The van der Waals surface area contributed by atoms with Gasteiger partial charge in [-0.2, -0.15) is 13.7 Å². The average molecular weight is 336 g/mol. The van der Waals surface area contributed by atoms with Crippen molar-refractivity contribution in [1.82, 2.24) is 9.71 Å². The highest BCUT2D eigenvalue weighted by Gasteiger charge is 2.21. The van der Waals surface area contributed by atoms with Crippen molar-refractivity contribution < 1.29 is 13.2 Å². The zero-order valence-electron chi connectivity index (χ0n) is 11.4. The van der Waals surface area contributed by atoms with Crippen molar-refractivity contribution in [1.29, 1.82) is 5.26 Å².